The van der Waals surface area contributed by atoms with E-state index >= 15 is 0 Å². The SMILES string of the molecule is CC[C@H](C)Oc1ccc(-n2c(C)cc(/C=C3\NC(=O)N(Cc4ccc(C(=O)OC)o4)C3=O)c2C)cc1. The molecule has 0 aliphatic carbocycles. The number of imide groups is 1. The Hall–Kier alpha value is -4.27. The fraction of sp³-hybridized carbons (Fsp3) is 0.296. The lowest BCUT2D eigenvalue weighted by Crippen LogP contribution is -2.30. The van der Waals surface area contributed by atoms with Gasteiger partial charge in [-0.3, -0.25) is 9.69 Å². The fourth-order valence-corrected chi connectivity index (χ4v) is 4.02. The third kappa shape index (κ3) is 4.91. The maximum absolute atomic E-state index is 13.0. The number of hydrogen-bond donors (Lipinski definition) is 1. The average Bonchev–Trinajstić information content (AvgIpc) is 3.52. The quantitative estimate of drug-likeness (QED) is 0.277. The monoisotopic (exact) mass is 491 g/mol. The normalized spacial score (nSPS) is 15.4. The number of methoxy groups -OCH3 is 1. The Morgan fingerprint density at radius 3 is 2.53 bits per heavy atom. The van der Waals surface area contributed by atoms with Crippen molar-refractivity contribution in [3.63, 3.8) is 0 Å². The highest BCUT2D eigenvalue weighted by Crippen LogP contribution is 2.26. The molecular formula is C27H29N3O6. The van der Waals surface area contributed by atoms with Crippen LogP contribution in [0.5, 0.6) is 5.75 Å². The number of carbonyl (C=O) groups is 3. The second-order valence-corrected chi connectivity index (χ2v) is 8.63. The number of ether oxygens (including phenoxy) is 2. The molecule has 4 rings (SSSR count). The predicted molar refractivity (Wildman–Crippen MR) is 133 cm³/mol. The lowest BCUT2D eigenvalue weighted by Gasteiger charge is -2.14. The first-order valence-corrected chi connectivity index (χ1v) is 11.7. The first kappa shape index (κ1) is 24.8. The second kappa shape index (κ2) is 10.2. The van der Waals surface area contributed by atoms with E-state index in [2.05, 4.69) is 21.5 Å². The van der Waals surface area contributed by atoms with E-state index in [1.165, 1.54) is 19.2 Å². The Morgan fingerprint density at radius 1 is 1.14 bits per heavy atom. The summed E-state index contributed by atoms with van der Waals surface area (Å²) in [4.78, 5) is 38.1. The molecule has 0 radical (unpaired) electrons. The van der Waals surface area contributed by atoms with Crippen LogP contribution in [0.3, 0.4) is 0 Å². The zero-order chi connectivity index (χ0) is 26.0. The number of nitrogens with one attached hydrogen (secondary N) is 1. The van der Waals surface area contributed by atoms with Gasteiger partial charge in [-0.1, -0.05) is 6.92 Å². The number of furan rings is 1. The van der Waals surface area contributed by atoms with Crippen molar-refractivity contribution in [3.8, 4) is 11.4 Å². The smallest absolute Gasteiger partial charge is 0.373 e. The van der Waals surface area contributed by atoms with Crippen molar-refractivity contribution < 1.29 is 28.3 Å². The summed E-state index contributed by atoms with van der Waals surface area (Å²) >= 11 is 0. The van der Waals surface area contributed by atoms with E-state index in [9.17, 15) is 14.4 Å². The molecule has 3 amide bonds. The summed E-state index contributed by atoms with van der Waals surface area (Å²) in [6.45, 7) is 7.95. The summed E-state index contributed by atoms with van der Waals surface area (Å²) in [7, 11) is 1.24. The highest BCUT2D eigenvalue weighted by Gasteiger charge is 2.34. The minimum Gasteiger partial charge on any atom is -0.491 e. The molecule has 3 aromatic rings. The van der Waals surface area contributed by atoms with Gasteiger partial charge in [0.25, 0.3) is 5.91 Å². The van der Waals surface area contributed by atoms with E-state index in [1.54, 1.807) is 6.08 Å². The molecule has 36 heavy (non-hydrogen) atoms. The van der Waals surface area contributed by atoms with Crippen LogP contribution in [0.1, 0.15) is 53.5 Å². The van der Waals surface area contributed by atoms with Gasteiger partial charge in [-0.05, 0) is 81.3 Å². The Labute approximate surface area is 209 Å². The van der Waals surface area contributed by atoms with E-state index in [0.29, 0.717) is 5.76 Å². The molecule has 1 saturated heterocycles. The van der Waals surface area contributed by atoms with Gasteiger partial charge in [-0.2, -0.15) is 0 Å². The van der Waals surface area contributed by atoms with Gasteiger partial charge in [-0.15, -0.1) is 0 Å². The Balaban J connectivity index is 1.54. The molecule has 3 heterocycles. The molecule has 1 aliphatic rings. The molecule has 0 saturated carbocycles. The lowest BCUT2D eigenvalue weighted by atomic mass is 10.2. The van der Waals surface area contributed by atoms with Crippen molar-refractivity contribution in [2.75, 3.05) is 7.11 Å². The number of aryl methyl sites for hydroxylation is 1. The summed E-state index contributed by atoms with van der Waals surface area (Å²) in [5.74, 6) is -0.00622. The number of carbonyl (C=O) groups excluding carboxylic acids is 3. The number of hydrogen-bond acceptors (Lipinski definition) is 6. The van der Waals surface area contributed by atoms with E-state index in [4.69, 9.17) is 9.15 Å². The van der Waals surface area contributed by atoms with Crippen molar-refractivity contribution in [2.24, 2.45) is 0 Å². The molecule has 0 spiro atoms. The molecule has 0 bridgehead atoms. The first-order valence-electron chi connectivity index (χ1n) is 11.7. The zero-order valence-electron chi connectivity index (χ0n) is 21.0. The standard InChI is InChI=1S/C27H29N3O6/c1-6-17(3)35-21-9-7-20(8-10-21)30-16(2)13-19(18(30)4)14-23-25(31)29(27(33)28-23)15-22-11-12-24(36-22)26(32)34-5/h7-14,17H,6,15H2,1-5H3,(H,28,33)/b23-14-/t17-/m0/s1. The first-order chi connectivity index (χ1) is 17.2. The minimum absolute atomic E-state index is 0.00206. The van der Waals surface area contributed by atoms with Crippen LogP contribution < -0.4 is 10.1 Å². The number of esters is 1. The van der Waals surface area contributed by atoms with Gasteiger partial charge in [-0.25, -0.2) is 9.59 Å². The molecule has 188 valence electrons. The average molecular weight is 492 g/mol. The van der Waals surface area contributed by atoms with Crippen molar-refractivity contribution in [2.45, 2.75) is 46.8 Å². The molecule has 1 aliphatic heterocycles. The number of benzene rings is 1. The van der Waals surface area contributed by atoms with Gasteiger partial charge in [0.2, 0.25) is 5.76 Å². The molecule has 1 aromatic carbocycles. The van der Waals surface area contributed by atoms with Crippen LogP contribution in [0.4, 0.5) is 4.79 Å². The largest absolute Gasteiger partial charge is 0.491 e. The zero-order valence-corrected chi connectivity index (χ0v) is 21.0. The molecular weight excluding hydrogens is 462 g/mol. The molecule has 1 fully saturated rings. The maximum Gasteiger partial charge on any atom is 0.373 e. The predicted octanol–water partition coefficient (Wildman–Crippen LogP) is 4.74. The summed E-state index contributed by atoms with van der Waals surface area (Å²) < 4.78 is 18.0. The van der Waals surface area contributed by atoms with Crippen LogP contribution >= 0.6 is 0 Å². The minimum atomic E-state index is -0.632. The van der Waals surface area contributed by atoms with E-state index in [0.717, 1.165) is 39.7 Å². The van der Waals surface area contributed by atoms with Crippen molar-refractivity contribution in [1.29, 1.82) is 0 Å². The molecule has 1 atom stereocenters. The van der Waals surface area contributed by atoms with Gasteiger partial charge < -0.3 is 23.8 Å². The Kier molecular flexibility index (Phi) is 7.00. The van der Waals surface area contributed by atoms with E-state index in [-0.39, 0.29) is 24.1 Å². The number of nitrogens with zero attached hydrogens (tertiary/aromatic N) is 2. The van der Waals surface area contributed by atoms with Crippen molar-refractivity contribution in [1.82, 2.24) is 14.8 Å². The highest BCUT2D eigenvalue weighted by atomic mass is 16.5. The number of rotatable bonds is 8. The number of aromatic nitrogens is 1. The van der Waals surface area contributed by atoms with Crippen LogP contribution in [0, 0.1) is 13.8 Å². The van der Waals surface area contributed by atoms with Crippen molar-refractivity contribution in [3.05, 3.63) is 76.6 Å². The molecule has 9 heteroatoms. The van der Waals surface area contributed by atoms with E-state index in [1.807, 2.05) is 51.1 Å². The van der Waals surface area contributed by atoms with Crippen LogP contribution in [0.25, 0.3) is 11.8 Å². The molecule has 2 aromatic heterocycles. The van der Waals surface area contributed by atoms with Crippen LogP contribution in [0.2, 0.25) is 0 Å². The van der Waals surface area contributed by atoms with Crippen molar-refractivity contribution >= 4 is 24.0 Å². The van der Waals surface area contributed by atoms with Crippen LogP contribution in [-0.2, 0) is 16.1 Å². The summed E-state index contributed by atoms with van der Waals surface area (Å²) in [6.07, 6.45) is 2.74. The summed E-state index contributed by atoms with van der Waals surface area (Å²) in [5, 5.41) is 2.63. The van der Waals surface area contributed by atoms with Crippen LogP contribution in [-0.4, -0.2) is 40.6 Å². The maximum atomic E-state index is 13.0. The third-order valence-corrected chi connectivity index (χ3v) is 6.10. The van der Waals surface area contributed by atoms with Gasteiger partial charge in [0.1, 0.15) is 17.2 Å². The fourth-order valence-electron chi connectivity index (χ4n) is 4.02. The second-order valence-electron chi connectivity index (χ2n) is 8.63. The number of amides is 3. The Bertz CT molecular complexity index is 1330. The summed E-state index contributed by atoms with van der Waals surface area (Å²) in [5.41, 5.74) is 3.84. The van der Waals surface area contributed by atoms with Gasteiger partial charge >= 0.3 is 12.0 Å². The molecule has 9 nitrogen and oxygen atoms in total. The lowest BCUT2D eigenvalue weighted by molar-refractivity contribution is -0.123. The topological polar surface area (TPSA) is 103 Å². The highest BCUT2D eigenvalue weighted by molar-refractivity contribution is 6.13. The molecule has 1 N–H and O–H groups in total. The number of urea groups is 1. The third-order valence-electron chi connectivity index (χ3n) is 6.10. The van der Waals surface area contributed by atoms with Crippen LogP contribution in [0.15, 0.2) is 52.6 Å². The van der Waals surface area contributed by atoms with Gasteiger partial charge in [0, 0.05) is 17.1 Å². The summed E-state index contributed by atoms with van der Waals surface area (Å²) in [6, 6.07) is 12.2. The van der Waals surface area contributed by atoms with Gasteiger partial charge in [0.15, 0.2) is 0 Å². The molecule has 0 unspecified atom stereocenters. The van der Waals surface area contributed by atoms with E-state index < -0.39 is 17.9 Å². The van der Waals surface area contributed by atoms with Gasteiger partial charge in [0.05, 0.1) is 19.8 Å². The Morgan fingerprint density at radius 2 is 1.86 bits per heavy atom.